The second kappa shape index (κ2) is 3.18. The van der Waals surface area contributed by atoms with Gasteiger partial charge in [0.2, 0.25) is 4.96 Å². The topological polar surface area (TPSA) is 43.3 Å². The van der Waals surface area contributed by atoms with Crippen LogP contribution in [-0.2, 0) is 0 Å². The summed E-state index contributed by atoms with van der Waals surface area (Å²) < 4.78 is 7.32. The molecule has 16 heavy (non-hydrogen) atoms. The van der Waals surface area contributed by atoms with Crippen molar-refractivity contribution in [3.63, 3.8) is 0 Å². The van der Waals surface area contributed by atoms with Crippen molar-refractivity contribution in [3.8, 4) is 11.3 Å². The first-order chi connectivity index (χ1) is 7.63. The van der Waals surface area contributed by atoms with Crippen LogP contribution in [-0.4, -0.2) is 14.6 Å². The Morgan fingerprint density at radius 2 is 2.12 bits per heavy atom. The van der Waals surface area contributed by atoms with Crippen molar-refractivity contribution in [3.05, 3.63) is 28.8 Å². The lowest BCUT2D eigenvalue weighted by Crippen LogP contribution is -1.80. The van der Waals surface area contributed by atoms with Crippen LogP contribution < -0.4 is 0 Å². The second-order valence-electron chi connectivity index (χ2n) is 3.80. The first-order valence-electron chi connectivity index (χ1n) is 5.04. The van der Waals surface area contributed by atoms with E-state index in [0.717, 1.165) is 32.7 Å². The monoisotopic (exact) mass is 233 g/mol. The average Bonchev–Trinajstić information content (AvgIpc) is 2.78. The highest BCUT2D eigenvalue weighted by Crippen LogP contribution is 2.27. The maximum atomic E-state index is 5.50. The van der Waals surface area contributed by atoms with E-state index >= 15 is 0 Å². The number of fused-ring (bicyclic) bond motifs is 1. The van der Waals surface area contributed by atoms with Crippen LogP contribution in [0.25, 0.3) is 16.2 Å². The number of furan rings is 1. The molecule has 0 atom stereocenters. The number of aromatic nitrogens is 3. The van der Waals surface area contributed by atoms with Crippen molar-refractivity contribution in [1.82, 2.24) is 14.6 Å². The molecule has 3 aromatic rings. The summed E-state index contributed by atoms with van der Waals surface area (Å²) in [6.45, 7) is 5.87. The Morgan fingerprint density at radius 1 is 1.31 bits per heavy atom. The molecule has 0 N–H and O–H groups in total. The van der Waals surface area contributed by atoms with Crippen LogP contribution >= 0.6 is 11.3 Å². The lowest BCUT2D eigenvalue weighted by Gasteiger charge is -1.90. The van der Waals surface area contributed by atoms with Crippen LogP contribution in [0.2, 0.25) is 0 Å². The summed E-state index contributed by atoms with van der Waals surface area (Å²) in [5.41, 5.74) is 1.97. The maximum absolute atomic E-state index is 5.50. The molecule has 3 aromatic heterocycles. The number of aryl methyl sites for hydroxylation is 3. The Labute approximate surface area is 96.5 Å². The smallest absolute Gasteiger partial charge is 0.212 e. The first kappa shape index (κ1) is 9.59. The molecular weight excluding hydrogens is 222 g/mol. The number of imidazole rings is 1. The minimum atomic E-state index is 0.903. The zero-order valence-electron chi connectivity index (χ0n) is 9.31. The standard InChI is InChI=1S/C11H11N3OS/c1-6-4-9(7(2)15-6)10-5-14-11(12-10)16-8(3)13-14/h4-5H,1-3H3. The van der Waals surface area contributed by atoms with Gasteiger partial charge in [0.15, 0.2) is 0 Å². The molecule has 0 aliphatic carbocycles. The fourth-order valence-corrected chi connectivity index (χ4v) is 2.54. The van der Waals surface area contributed by atoms with Crippen LogP contribution in [0.1, 0.15) is 16.5 Å². The molecule has 3 rings (SSSR count). The minimum Gasteiger partial charge on any atom is -0.466 e. The quantitative estimate of drug-likeness (QED) is 0.649. The van der Waals surface area contributed by atoms with E-state index in [0.29, 0.717) is 0 Å². The Morgan fingerprint density at radius 3 is 2.75 bits per heavy atom. The van der Waals surface area contributed by atoms with Crippen LogP contribution in [0.5, 0.6) is 0 Å². The highest BCUT2D eigenvalue weighted by Gasteiger charge is 2.12. The van der Waals surface area contributed by atoms with E-state index < -0.39 is 0 Å². The maximum Gasteiger partial charge on any atom is 0.212 e. The van der Waals surface area contributed by atoms with Gasteiger partial charge in [0.1, 0.15) is 16.5 Å². The molecule has 3 heterocycles. The van der Waals surface area contributed by atoms with Crippen LogP contribution in [0.3, 0.4) is 0 Å². The van der Waals surface area contributed by atoms with Crippen molar-refractivity contribution in [1.29, 1.82) is 0 Å². The van der Waals surface area contributed by atoms with E-state index in [1.807, 2.05) is 37.5 Å². The van der Waals surface area contributed by atoms with Crippen molar-refractivity contribution >= 4 is 16.3 Å². The third-order valence-corrected chi connectivity index (χ3v) is 3.30. The lowest BCUT2D eigenvalue weighted by atomic mass is 10.2. The SMILES string of the molecule is Cc1cc(-c2cn3nc(C)sc3n2)c(C)o1. The third-order valence-electron chi connectivity index (χ3n) is 2.46. The summed E-state index contributed by atoms with van der Waals surface area (Å²) in [6, 6.07) is 2.01. The molecule has 0 saturated heterocycles. The van der Waals surface area contributed by atoms with Gasteiger partial charge >= 0.3 is 0 Å². The third kappa shape index (κ3) is 1.36. The van der Waals surface area contributed by atoms with Crippen LogP contribution in [0.4, 0.5) is 0 Å². The first-order valence-corrected chi connectivity index (χ1v) is 5.85. The van der Waals surface area contributed by atoms with E-state index in [1.165, 1.54) is 0 Å². The molecule has 0 spiro atoms. The minimum absolute atomic E-state index is 0.903. The van der Waals surface area contributed by atoms with Gasteiger partial charge < -0.3 is 4.42 Å². The van der Waals surface area contributed by atoms with Crippen molar-refractivity contribution in [2.24, 2.45) is 0 Å². The summed E-state index contributed by atoms with van der Waals surface area (Å²) in [7, 11) is 0. The van der Waals surface area contributed by atoms with E-state index in [1.54, 1.807) is 11.3 Å². The summed E-state index contributed by atoms with van der Waals surface area (Å²) in [5.74, 6) is 1.81. The van der Waals surface area contributed by atoms with E-state index in [2.05, 4.69) is 10.1 Å². The van der Waals surface area contributed by atoms with Gasteiger partial charge in [-0.05, 0) is 26.8 Å². The fourth-order valence-electron chi connectivity index (χ4n) is 1.81. The molecule has 0 amide bonds. The summed E-state index contributed by atoms with van der Waals surface area (Å²) >= 11 is 1.59. The summed E-state index contributed by atoms with van der Waals surface area (Å²) in [5, 5.41) is 5.36. The van der Waals surface area contributed by atoms with Gasteiger partial charge in [0.05, 0.1) is 11.9 Å². The predicted molar refractivity (Wildman–Crippen MR) is 62.8 cm³/mol. The predicted octanol–water partition coefficient (Wildman–Crippen LogP) is 2.98. The van der Waals surface area contributed by atoms with E-state index in [9.17, 15) is 0 Å². The highest BCUT2D eigenvalue weighted by atomic mass is 32.1. The van der Waals surface area contributed by atoms with Gasteiger partial charge in [-0.15, -0.1) is 0 Å². The number of nitrogens with zero attached hydrogens (tertiary/aromatic N) is 3. The van der Waals surface area contributed by atoms with Crippen molar-refractivity contribution < 1.29 is 4.42 Å². The molecule has 82 valence electrons. The lowest BCUT2D eigenvalue weighted by molar-refractivity contribution is 0.505. The molecule has 0 unspecified atom stereocenters. The zero-order chi connectivity index (χ0) is 11.3. The Kier molecular flexibility index (Phi) is 1.91. The largest absolute Gasteiger partial charge is 0.466 e. The number of hydrogen-bond acceptors (Lipinski definition) is 4. The molecule has 0 saturated carbocycles. The Bertz CT molecular complexity index is 630. The van der Waals surface area contributed by atoms with Gasteiger partial charge in [-0.3, -0.25) is 0 Å². The fraction of sp³-hybridized carbons (Fsp3) is 0.273. The van der Waals surface area contributed by atoms with Crippen molar-refractivity contribution in [2.45, 2.75) is 20.8 Å². The molecule has 5 heteroatoms. The van der Waals surface area contributed by atoms with Gasteiger partial charge in [-0.1, -0.05) is 11.3 Å². The van der Waals surface area contributed by atoms with Gasteiger partial charge in [0.25, 0.3) is 0 Å². The van der Waals surface area contributed by atoms with E-state index in [-0.39, 0.29) is 0 Å². The van der Waals surface area contributed by atoms with Crippen molar-refractivity contribution in [2.75, 3.05) is 0 Å². The zero-order valence-corrected chi connectivity index (χ0v) is 10.1. The summed E-state index contributed by atoms with van der Waals surface area (Å²) in [6.07, 6.45) is 1.94. The Hall–Kier alpha value is -1.62. The van der Waals surface area contributed by atoms with E-state index in [4.69, 9.17) is 4.42 Å². The van der Waals surface area contributed by atoms with Crippen LogP contribution in [0, 0.1) is 20.8 Å². The number of rotatable bonds is 1. The second-order valence-corrected chi connectivity index (χ2v) is 4.96. The molecule has 0 aliphatic heterocycles. The van der Waals surface area contributed by atoms with Gasteiger partial charge in [-0.25, -0.2) is 9.50 Å². The van der Waals surface area contributed by atoms with Crippen LogP contribution in [0.15, 0.2) is 16.7 Å². The highest BCUT2D eigenvalue weighted by molar-refractivity contribution is 7.16. The number of hydrogen-bond donors (Lipinski definition) is 0. The normalized spacial score (nSPS) is 11.4. The molecule has 4 nitrogen and oxygen atoms in total. The molecule has 0 radical (unpaired) electrons. The van der Waals surface area contributed by atoms with Gasteiger partial charge in [-0.2, -0.15) is 5.10 Å². The molecule has 0 fully saturated rings. The van der Waals surface area contributed by atoms with Gasteiger partial charge in [0, 0.05) is 5.56 Å². The molecule has 0 aromatic carbocycles. The summed E-state index contributed by atoms with van der Waals surface area (Å²) in [4.78, 5) is 5.46. The molecular formula is C11H11N3OS. The Balaban J connectivity index is 2.18. The molecule has 0 aliphatic rings. The average molecular weight is 233 g/mol. The molecule has 0 bridgehead atoms.